The van der Waals surface area contributed by atoms with Crippen LogP contribution in [0.3, 0.4) is 0 Å². The third-order valence-corrected chi connectivity index (χ3v) is 4.46. The average Bonchev–Trinajstić information content (AvgIpc) is 2.71. The number of carbonyl (C=O) groups is 1. The van der Waals surface area contributed by atoms with Gasteiger partial charge in [0.15, 0.2) is 0 Å². The maximum atomic E-state index is 12.2. The van der Waals surface area contributed by atoms with Crippen LogP contribution in [-0.2, 0) is 9.53 Å². The van der Waals surface area contributed by atoms with Crippen molar-refractivity contribution in [3.05, 3.63) is 59.7 Å². The molecular formula is C19H25NO4. The fourth-order valence-electron chi connectivity index (χ4n) is 2.92. The molecule has 0 fully saturated rings. The maximum Gasteiger partial charge on any atom is 0.336 e. The van der Waals surface area contributed by atoms with Gasteiger partial charge in [0, 0.05) is 0 Å². The molecule has 0 aromatic heterocycles. The second-order valence-electron chi connectivity index (χ2n) is 7.11. The van der Waals surface area contributed by atoms with E-state index < -0.39 is 23.2 Å². The molecule has 1 aromatic carbocycles. The predicted octanol–water partition coefficient (Wildman–Crippen LogP) is 3.01. The molecule has 0 bridgehead atoms. The Kier molecular flexibility index (Phi) is 4.99. The molecule has 1 aliphatic rings. The Morgan fingerprint density at radius 2 is 1.83 bits per heavy atom. The summed E-state index contributed by atoms with van der Waals surface area (Å²) in [6.07, 6.45) is 0.784. The molecule has 0 amide bonds. The van der Waals surface area contributed by atoms with E-state index in [4.69, 9.17) is 4.74 Å². The highest BCUT2D eigenvalue weighted by atomic mass is 16.5. The van der Waals surface area contributed by atoms with Gasteiger partial charge in [0.2, 0.25) is 0 Å². The van der Waals surface area contributed by atoms with Crippen LogP contribution in [0.5, 0.6) is 0 Å². The lowest BCUT2D eigenvalue weighted by Gasteiger charge is -2.36. The van der Waals surface area contributed by atoms with E-state index >= 15 is 0 Å². The first-order valence-corrected chi connectivity index (χ1v) is 7.87. The third kappa shape index (κ3) is 3.43. The molecule has 2 rings (SSSR count). The van der Waals surface area contributed by atoms with E-state index in [0.29, 0.717) is 5.56 Å². The van der Waals surface area contributed by atoms with Crippen molar-refractivity contribution in [3.8, 4) is 0 Å². The number of benzene rings is 1. The van der Waals surface area contributed by atoms with Crippen LogP contribution in [0.1, 0.15) is 39.4 Å². The van der Waals surface area contributed by atoms with Crippen LogP contribution in [-0.4, -0.2) is 39.0 Å². The first-order valence-electron chi connectivity index (χ1n) is 7.87. The summed E-state index contributed by atoms with van der Waals surface area (Å²) in [5.74, 6) is -0.655. The zero-order valence-electron chi connectivity index (χ0n) is 14.6. The molecule has 130 valence electrons. The molecule has 5 nitrogen and oxygen atoms in total. The van der Waals surface area contributed by atoms with Crippen molar-refractivity contribution in [2.75, 3.05) is 6.61 Å². The average molecular weight is 331 g/mol. The van der Waals surface area contributed by atoms with Crippen LogP contribution < -0.4 is 0 Å². The minimum Gasteiger partial charge on any atom is -0.458 e. The molecule has 0 radical (unpaired) electrons. The van der Waals surface area contributed by atoms with Gasteiger partial charge in [0.1, 0.15) is 12.7 Å². The number of rotatable bonds is 5. The normalized spacial score (nSPS) is 20.3. The van der Waals surface area contributed by atoms with Crippen LogP contribution in [0.2, 0.25) is 0 Å². The van der Waals surface area contributed by atoms with E-state index in [2.05, 4.69) is 6.58 Å². The lowest BCUT2D eigenvalue weighted by atomic mass is 9.97. The Morgan fingerprint density at radius 1 is 1.25 bits per heavy atom. The third-order valence-electron chi connectivity index (χ3n) is 4.46. The second-order valence-corrected chi connectivity index (χ2v) is 7.11. The monoisotopic (exact) mass is 331 g/mol. The van der Waals surface area contributed by atoms with Crippen molar-refractivity contribution in [1.29, 1.82) is 0 Å². The largest absolute Gasteiger partial charge is 0.458 e. The fraction of sp³-hybridized carbons (Fsp3) is 0.421. The molecule has 1 heterocycles. The number of aliphatic hydroxyl groups is 1. The van der Waals surface area contributed by atoms with Crippen LogP contribution in [0, 0.1) is 0 Å². The SMILES string of the molecule is C=C(C(=O)OCC1=CC(C)(C)N(O)C1(C)C)C(O)c1ccccc1. The minimum absolute atomic E-state index is 0.0160. The topological polar surface area (TPSA) is 70.0 Å². The smallest absolute Gasteiger partial charge is 0.336 e. The second kappa shape index (κ2) is 6.51. The lowest BCUT2D eigenvalue weighted by molar-refractivity contribution is -0.186. The zero-order valence-corrected chi connectivity index (χ0v) is 14.6. The molecular weight excluding hydrogens is 306 g/mol. The number of hydroxylamine groups is 2. The number of hydrogen-bond donors (Lipinski definition) is 2. The molecule has 0 spiro atoms. The van der Waals surface area contributed by atoms with Crippen molar-refractivity contribution in [1.82, 2.24) is 5.06 Å². The van der Waals surface area contributed by atoms with E-state index in [0.717, 1.165) is 5.57 Å². The number of carbonyl (C=O) groups excluding carboxylic acids is 1. The van der Waals surface area contributed by atoms with Crippen LogP contribution >= 0.6 is 0 Å². The van der Waals surface area contributed by atoms with Gasteiger partial charge in [-0.25, -0.2) is 4.79 Å². The summed E-state index contributed by atoms with van der Waals surface area (Å²) in [6.45, 7) is 11.2. The number of hydrogen-bond acceptors (Lipinski definition) is 5. The molecule has 2 N–H and O–H groups in total. The molecule has 5 heteroatoms. The maximum absolute atomic E-state index is 12.2. The Balaban J connectivity index is 2.02. The molecule has 1 unspecified atom stereocenters. The summed E-state index contributed by atoms with van der Waals surface area (Å²) in [7, 11) is 0. The standard InChI is InChI=1S/C19H25NO4/c1-13(16(21)14-9-7-6-8-10-14)17(22)24-12-15-11-18(2,3)20(23)19(15,4)5/h6-11,16,21,23H,1,12H2,2-5H3. The zero-order chi connectivity index (χ0) is 18.1. The van der Waals surface area contributed by atoms with Gasteiger partial charge in [-0.3, -0.25) is 0 Å². The van der Waals surface area contributed by atoms with Gasteiger partial charge in [-0.1, -0.05) is 43.0 Å². The van der Waals surface area contributed by atoms with Gasteiger partial charge < -0.3 is 15.1 Å². The Labute approximate surface area is 142 Å². The molecule has 24 heavy (non-hydrogen) atoms. The van der Waals surface area contributed by atoms with Gasteiger partial charge in [-0.05, 0) is 38.8 Å². The molecule has 0 aliphatic carbocycles. The molecule has 0 saturated heterocycles. The number of ether oxygens (including phenoxy) is 1. The first-order chi connectivity index (χ1) is 11.1. The summed E-state index contributed by atoms with van der Waals surface area (Å²) in [4.78, 5) is 12.2. The molecule has 1 atom stereocenters. The van der Waals surface area contributed by atoms with Gasteiger partial charge in [-0.15, -0.1) is 0 Å². The highest BCUT2D eigenvalue weighted by molar-refractivity contribution is 5.89. The van der Waals surface area contributed by atoms with Crippen molar-refractivity contribution in [2.24, 2.45) is 0 Å². The number of nitrogens with zero attached hydrogens (tertiary/aromatic N) is 1. The van der Waals surface area contributed by atoms with Gasteiger partial charge in [0.25, 0.3) is 0 Å². The quantitative estimate of drug-likeness (QED) is 0.493. The summed E-state index contributed by atoms with van der Waals surface area (Å²) in [5.41, 5.74) is 0.195. The fourth-order valence-corrected chi connectivity index (χ4v) is 2.92. The summed E-state index contributed by atoms with van der Waals surface area (Å²) in [5, 5.41) is 21.7. The Morgan fingerprint density at radius 3 is 2.33 bits per heavy atom. The van der Waals surface area contributed by atoms with Gasteiger partial charge >= 0.3 is 5.97 Å². The minimum atomic E-state index is -1.10. The van der Waals surface area contributed by atoms with Crippen molar-refractivity contribution < 1.29 is 19.8 Å². The Bertz CT molecular complexity index is 661. The van der Waals surface area contributed by atoms with Gasteiger partial charge in [-0.2, -0.15) is 5.06 Å². The molecule has 1 aromatic rings. The lowest BCUT2D eigenvalue weighted by Crippen LogP contribution is -2.48. The van der Waals surface area contributed by atoms with Crippen molar-refractivity contribution >= 4 is 5.97 Å². The summed E-state index contributed by atoms with van der Waals surface area (Å²) >= 11 is 0. The predicted molar refractivity (Wildman–Crippen MR) is 91.4 cm³/mol. The van der Waals surface area contributed by atoms with Crippen LogP contribution in [0.4, 0.5) is 0 Å². The van der Waals surface area contributed by atoms with Crippen LogP contribution in [0.25, 0.3) is 0 Å². The van der Waals surface area contributed by atoms with Crippen molar-refractivity contribution in [3.63, 3.8) is 0 Å². The van der Waals surface area contributed by atoms with E-state index in [1.165, 1.54) is 5.06 Å². The summed E-state index contributed by atoms with van der Waals surface area (Å²) in [6, 6.07) is 8.83. The van der Waals surface area contributed by atoms with E-state index in [1.807, 2.05) is 39.8 Å². The first kappa shape index (κ1) is 18.4. The molecule has 1 aliphatic heterocycles. The Hall–Kier alpha value is -1.95. The van der Waals surface area contributed by atoms with Crippen molar-refractivity contribution in [2.45, 2.75) is 44.9 Å². The van der Waals surface area contributed by atoms with E-state index in [-0.39, 0.29) is 12.2 Å². The van der Waals surface area contributed by atoms with E-state index in [1.54, 1.807) is 24.3 Å². The highest BCUT2D eigenvalue weighted by Crippen LogP contribution is 2.38. The van der Waals surface area contributed by atoms with E-state index in [9.17, 15) is 15.1 Å². The summed E-state index contributed by atoms with van der Waals surface area (Å²) < 4.78 is 5.30. The highest BCUT2D eigenvalue weighted by Gasteiger charge is 2.45. The number of esters is 1. The van der Waals surface area contributed by atoms with Gasteiger partial charge in [0.05, 0.1) is 16.7 Å². The number of aliphatic hydroxyl groups excluding tert-OH is 1. The molecule has 0 saturated carbocycles. The van der Waals surface area contributed by atoms with Crippen LogP contribution in [0.15, 0.2) is 54.1 Å².